The third kappa shape index (κ3) is 6.05. The minimum Gasteiger partial charge on any atom is -0.748 e. The van der Waals surface area contributed by atoms with Crippen LogP contribution in [0.4, 0.5) is 17.1 Å². The van der Waals surface area contributed by atoms with Crippen LogP contribution in [0.3, 0.4) is 0 Å². The quantitative estimate of drug-likeness (QED) is 0.200. The average Bonchev–Trinajstić information content (AvgIpc) is 2.82. The maximum atomic E-state index is 11.0. The van der Waals surface area contributed by atoms with Gasteiger partial charge in [-0.25, -0.2) is 8.42 Å². The van der Waals surface area contributed by atoms with E-state index in [1.54, 1.807) is 30.6 Å². The third-order valence-electron chi connectivity index (χ3n) is 5.31. The summed E-state index contributed by atoms with van der Waals surface area (Å²) in [5, 5.41) is 0. The first-order chi connectivity index (χ1) is 15.9. The number of thioether (sulfide) groups is 2. The first-order valence-electron chi connectivity index (χ1n) is 10.4. The van der Waals surface area contributed by atoms with Crippen LogP contribution < -0.4 is 39.2 Å². The van der Waals surface area contributed by atoms with Crippen molar-refractivity contribution in [2.75, 3.05) is 29.8 Å². The molecular formula is C25H24NNaO4S3. The van der Waals surface area contributed by atoms with Crippen LogP contribution in [0.2, 0.25) is 0 Å². The summed E-state index contributed by atoms with van der Waals surface area (Å²) < 4.78 is 39.7. The van der Waals surface area contributed by atoms with Gasteiger partial charge in [0.15, 0.2) is 0 Å². The number of anilines is 3. The monoisotopic (exact) mass is 521 g/mol. The number of fused-ring (bicyclic) bond motifs is 2. The summed E-state index contributed by atoms with van der Waals surface area (Å²) in [5.74, 6) is 0.979. The molecule has 0 saturated heterocycles. The summed E-state index contributed by atoms with van der Waals surface area (Å²) in [7, 11) is -2.54. The SMILES string of the molecule is COc1ccc2c(c1)N(c1ccccc1)c1ccccc1/C2=C(\SC)SCCCS(=O)(=O)[O-].[Na+]. The molecule has 1 heterocycles. The zero-order valence-corrected chi connectivity index (χ0v) is 23.8. The van der Waals surface area contributed by atoms with Crippen LogP contribution in [-0.4, -0.2) is 37.8 Å². The minimum absolute atomic E-state index is 0. The molecule has 0 bridgehead atoms. The fraction of sp³-hybridized carbons (Fsp3) is 0.200. The number of ether oxygens (including phenoxy) is 1. The first-order valence-corrected chi connectivity index (χ1v) is 14.2. The molecule has 0 radical (unpaired) electrons. The molecule has 1 aliphatic heterocycles. The molecule has 0 aliphatic carbocycles. The molecule has 1 aliphatic rings. The van der Waals surface area contributed by atoms with Crippen molar-refractivity contribution in [1.82, 2.24) is 0 Å². The minimum atomic E-state index is -4.20. The number of benzene rings is 3. The van der Waals surface area contributed by atoms with Gasteiger partial charge in [0.2, 0.25) is 0 Å². The van der Waals surface area contributed by atoms with Gasteiger partial charge < -0.3 is 14.2 Å². The number of hydrogen-bond donors (Lipinski definition) is 0. The molecule has 0 spiro atoms. The molecule has 0 amide bonds. The van der Waals surface area contributed by atoms with Crippen LogP contribution in [0.25, 0.3) is 5.57 Å². The fourth-order valence-electron chi connectivity index (χ4n) is 3.90. The average molecular weight is 522 g/mol. The molecule has 9 heteroatoms. The molecule has 0 atom stereocenters. The van der Waals surface area contributed by atoms with Crippen molar-refractivity contribution in [2.45, 2.75) is 6.42 Å². The van der Waals surface area contributed by atoms with Gasteiger partial charge in [0.1, 0.15) is 5.75 Å². The van der Waals surface area contributed by atoms with Gasteiger partial charge in [0, 0.05) is 38.4 Å². The molecule has 5 nitrogen and oxygen atoms in total. The van der Waals surface area contributed by atoms with Gasteiger partial charge in [0.25, 0.3) is 0 Å². The van der Waals surface area contributed by atoms with Crippen LogP contribution in [-0.2, 0) is 10.1 Å². The summed E-state index contributed by atoms with van der Waals surface area (Å²) in [5.41, 5.74) is 6.42. The van der Waals surface area contributed by atoms with E-state index in [1.165, 1.54) is 0 Å². The zero-order chi connectivity index (χ0) is 23.4. The Morgan fingerprint density at radius 3 is 2.32 bits per heavy atom. The molecular weight excluding hydrogens is 497 g/mol. The Labute approximate surface area is 232 Å². The van der Waals surface area contributed by atoms with Gasteiger partial charge >= 0.3 is 29.6 Å². The van der Waals surface area contributed by atoms with Crippen LogP contribution in [0.1, 0.15) is 17.5 Å². The molecule has 4 rings (SSSR count). The molecule has 172 valence electrons. The van der Waals surface area contributed by atoms with Crippen molar-refractivity contribution in [2.24, 2.45) is 0 Å². The largest absolute Gasteiger partial charge is 1.00 e. The molecule has 0 aromatic heterocycles. The molecule has 0 saturated carbocycles. The van der Waals surface area contributed by atoms with E-state index in [0.717, 1.165) is 43.7 Å². The van der Waals surface area contributed by atoms with Crippen LogP contribution >= 0.6 is 23.5 Å². The van der Waals surface area contributed by atoms with Gasteiger partial charge in [-0.05, 0) is 48.8 Å². The molecule has 3 aromatic carbocycles. The molecule has 3 aromatic rings. The van der Waals surface area contributed by atoms with E-state index in [4.69, 9.17) is 4.74 Å². The second-order valence-electron chi connectivity index (χ2n) is 7.40. The van der Waals surface area contributed by atoms with Crippen LogP contribution in [0, 0.1) is 0 Å². The Kier molecular flexibility index (Phi) is 9.63. The van der Waals surface area contributed by atoms with Gasteiger partial charge in [-0.1, -0.05) is 36.4 Å². The van der Waals surface area contributed by atoms with Crippen molar-refractivity contribution < 1.29 is 47.3 Å². The molecule has 0 fully saturated rings. The van der Waals surface area contributed by atoms with E-state index in [0.29, 0.717) is 12.2 Å². The Morgan fingerprint density at radius 1 is 0.971 bits per heavy atom. The summed E-state index contributed by atoms with van der Waals surface area (Å²) in [6.45, 7) is 0. The number of rotatable bonds is 8. The Hall–Kier alpha value is -1.39. The Morgan fingerprint density at radius 2 is 1.65 bits per heavy atom. The third-order valence-corrected chi connectivity index (χ3v) is 8.48. The van der Waals surface area contributed by atoms with E-state index in [2.05, 4.69) is 35.2 Å². The normalized spacial score (nSPS) is 14.0. The summed E-state index contributed by atoms with van der Waals surface area (Å²) >= 11 is 3.23. The predicted octanol–water partition coefficient (Wildman–Crippen LogP) is 3.23. The van der Waals surface area contributed by atoms with E-state index >= 15 is 0 Å². The van der Waals surface area contributed by atoms with E-state index in [9.17, 15) is 13.0 Å². The van der Waals surface area contributed by atoms with Crippen molar-refractivity contribution in [3.63, 3.8) is 0 Å². The topological polar surface area (TPSA) is 69.7 Å². The zero-order valence-electron chi connectivity index (χ0n) is 19.4. The number of para-hydroxylation sites is 2. The van der Waals surface area contributed by atoms with Gasteiger partial charge in [-0.3, -0.25) is 0 Å². The fourth-order valence-corrected chi connectivity index (χ4v) is 6.56. The number of hydrogen-bond acceptors (Lipinski definition) is 7. The molecule has 34 heavy (non-hydrogen) atoms. The second-order valence-corrected chi connectivity index (χ2v) is 11.1. The van der Waals surface area contributed by atoms with Crippen LogP contribution in [0.15, 0.2) is 77.0 Å². The summed E-state index contributed by atoms with van der Waals surface area (Å²) in [6, 6.07) is 24.6. The van der Waals surface area contributed by atoms with Crippen molar-refractivity contribution >= 4 is 56.3 Å². The van der Waals surface area contributed by atoms with Crippen molar-refractivity contribution in [1.29, 1.82) is 0 Å². The maximum Gasteiger partial charge on any atom is 1.00 e. The number of methoxy groups -OCH3 is 1. The Bertz CT molecular complexity index is 1280. The predicted molar refractivity (Wildman–Crippen MR) is 139 cm³/mol. The molecule has 0 unspecified atom stereocenters. The second kappa shape index (κ2) is 12.0. The van der Waals surface area contributed by atoms with Crippen molar-refractivity contribution in [3.05, 3.63) is 88.2 Å². The van der Waals surface area contributed by atoms with Gasteiger partial charge in [-0.2, -0.15) is 0 Å². The van der Waals surface area contributed by atoms with Crippen molar-refractivity contribution in [3.8, 4) is 5.75 Å². The maximum absolute atomic E-state index is 11.0. The van der Waals surface area contributed by atoms with Gasteiger partial charge in [-0.15, -0.1) is 23.5 Å². The molecule has 0 N–H and O–H groups in total. The summed E-state index contributed by atoms with van der Waals surface area (Å²) in [4.78, 5) is 2.24. The van der Waals surface area contributed by atoms with Gasteiger partial charge in [0.05, 0.1) is 28.6 Å². The standard InChI is InChI=1S/C25H25NO4S3.Na/c1-30-19-13-14-21-23(17-19)26(18-9-4-3-5-10-18)22-12-7-6-11-20(22)24(21)25(31-2)32-15-8-16-33(27,28)29;/h3-7,9-14,17H,8,15-16H2,1-2H3,(H,27,28,29);/q;+1/p-1/b25-24-;. The van der Waals surface area contributed by atoms with Crippen LogP contribution in [0.5, 0.6) is 5.75 Å². The van der Waals surface area contributed by atoms with E-state index < -0.39 is 10.1 Å². The summed E-state index contributed by atoms with van der Waals surface area (Å²) in [6.07, 6.45) is 2.34. The van der Waals surface area contributed by atoms with E-state index in [1.807, 2.05) is 48.7 Å². The number of nitrogens with zero attached hydrogens (tertiary/aromatic N) is 1. The first kappa shape index (κ1) is 27.2. The van der Waals surface area contributed by atoms with E-state index in [-0.39, 0.29) is 35.3 Å². The smallest absolute Gasteiger partial charge is 0.748 e. The Balaban J connectivity index is 0.00000324.